The Labute approximate surface area is 168 Å². The zero-order valence-electron chi connectivity index (χ0n) is 16.3. The Hall–Kier alpha value is -2.48. The van der Waals surface area contributed by atoms with Gasteiger partial charge >= 0.3 is 5.97 Å². The van der Waals surface area contributed by atoms with E-state index in [1.807, 2.05) is 45.2 Å². The molecule has 0 bridgehead atoms. The van der Waals surface area contributed by atoms with Gasteiger partial charge in [0.05, 0.1) is 5.25 Å². The normalized spacial score (nSPS) is 13.4. The van der Waals surface area contributed by atoms with E-state index in [-0.39, 0.29) is 24.7 Å². The van der Waals surface area contributed by atoms with Gasteiger partial charge in [0.1, 0.15) is 6.04 Å². The molecule has 2 unspecified atom stereocenters. The monoisotopic (exact) mass is 405 g/mol. The molecule has 2 amide bonds. The molecule has 7 nitrogen and oxygen atoms in total. The Kier molecular flexibility index (Phi) is 7.51. The number of fused-ring (bicyclic) bond motifs is 1. The average Bonchev–Trinajstić information content (AvgIpc) is 3.01. The van der Waals surface area contributed by atoms with Crippen LogP contribution in [0, 0.1) is 12.8 Å². The molecule has 2 rings (SSSR count). The van der Waals surface area contributed by atoms with Crippen LogP contribution in [-0.4, -0.2) is 39.2 Å². The number of aromatic nitrogens is 1. The van der Waals surface area contributed by atoms with Crippen molar-refractivity contribution in [2.45, 2.75) is 56.2 Å². The highest BCUT2D eigenvalue weighted by Gasteiger charge is 2.27. The molecule has 0 spiro atoms. The first-order valence-corrected chi connectivity index (χ1v) is 10.1. The van der Waals surface area contributed by atoms with Crippen LogP contribution in [0.4, 0.5) is 0 Å². The summed E-state index contributed by atoms with van der Waals surface area (Å²) >= 11 is 1.43. The third-order valence-corrected chi connectivity index (χ3v) is 5.69. The maximum absolute atomic E-state index is 12.9. The molecule has 0 radical (unpaired) electrons. The van der Waals surface area contributed by atoms with Crippen LogP contribution in [0.1, 0.15) is 38.7 Å². The lowest BCUT2D eigenvalue weighted by atomic mass is 10.1. The smallest absolute Gasteiger partial charge is 0.326 e. The SMILES string of the molecule is Cc1cccc2[nH]cc(SC(CC(C)C)C(=O)NC(CCC(N)=O)C(=O)O)c12. The zero-order chi connectivity index (χ0) is 20.8. The number of benzene rings is 1. The van der Waals surface area contributed by atoms with Crippen LogP contribution in [0.5, 0.6) is 0 Å². The van der Waals surface area contributed by atoms with Crippen molar-refractivity contribution in [3.8, 4) is 0 Å². The molecule has 0 saturated carbocycles. The highest BCUT2D eigenvalue weighted by molar-refractivity contribution is 8.00. The van der Waals surface area contributed by atoms with Crippen molar-refractivity contribution in [2.75, 3.05) is 0 Å². The van der Waals surface area contributed by atoms with Crippen molar-refractivity contribution in [2.24, 2.45) is 11.7 Å². The van der Waals surface area contributed by atoms with Crippen molar-refractivity contribution < 1.29 is 19.5 Å². The lowest BCUT2D eigenvalue weighted by Crippen LogP contribution is -2.45. The van der Waals surface area contributed by atoms with Crippen molar-refractivity contribution in [1.29, 1.82) is 0 Å². The maximum atomic E-state index is 12.9. The van der Waals surface area contributed by atoms with Gasteiger partial charge in [-0.2, -0.15) is 0 Å². The molecule has 0 saturated heterocycles. The van der Waals surface area contributed by atoms with Gasteiger partial charge in [0.25, 0.3) is 0 Å². The zero-order valence-corrected chi connectivity index (χ0v) is 17.1. The molecule has 2 aromatic rings. The van der Waals surface area contributed by atoms with Gasteiger partial charge in [-0.3, -0.25) is 9.59 Å². The summed E-state index contributed by atoms with van der Waals surface area (Å²) in [6.45, 7) is 6.05. The van der Waals surface area contributed by atoms with Gasteiger partial charge in [0.15, 0.2) is 0 Å². The molecule has 5 N–H and O–H groups in total. The molecule has 8 heteroatoms. The van der Waals surface area contributed by atoms with Crippen LogP contribution in [0.25, 0.3) is 10.9 Å². The molecule has 28 heavy (non-hydrogen) atoms. The summed E-state index contributed by atoms with van der Waals surface area (Å²) in [6, 6.07) is 4.83. The Morgan fingerprint density at radius 3 is 2.61 bits per heavy atom. The Balaban J connectivity index is 2.20. The number of nitrogens with two attached hydrogens (primary N) is 1. The number of carbonyl (C=O) groups is 3. The topological polar surface area (TPSA) is 125 Å². The molecular formula is C20H27N3O4S. The number of amides is 2. The lowest BCUT2D eigenvalue weighted by molar-refractivity contribution is -0.142. The van der Waals surface area contributed by atoms with E-state index in [1.165, 1.54) is 11.8 Å². The van der Waals surface area contributed by atoms with E-state index in [1.54, 1.807) is 0 Å². The summed E-state index contributed by atoms with van der Waals surface area (Å²) in [5.41, 5.74) is 7.21. The summed E-state index contributed by atoms with van der Waals surface area (Å²) in [6.07, 6.45) is 2.35. The number of hydrogen-bond donors (Lipinski definition) is 4. The number of rotatable bonds is 10. The summed E-state index contributed by atoms with van der Waals surface area (Å²) in [7, 11) is 0. The molecular weight excluding hydrogens is 378 g/mol. The van der Waals surface area contributed by atoms with Crippen LogP contribution >= 0.6 is 11.8 Å². The first-order chi connectivity index (χ1) is 13.2. The maximum Gasteiger partial charge on any atom is 0.326 e. The van der Waals surface area contributed by atoms with Crippen molar-refractivity contribution in [1.82, 2.24) is 10.3 Å². The second-order valence-corrected chi connectivity index (χ2v) is 8.54. The molecule has 0 aliphatic rings. The average molecular weight is 406 g/mol. The first kappa shape index (κ1) is 21.8. The van der Waals surface area contributed by atoms with Gasteiger partial charge in [-0.15, -0.1) is 11.8 Å². The molecule has 0 aliphatic carbocycles. The number of nitrogens with one attached hydrogen (secondary N) is 2. The van der Waals surface area contributed by atoms with Crippen molar-refractivity contribution >= 4 is 40.4 Å². The van der Waals surface area contributed by atoms with E-state index in [2.05, 4.69) is 10.3 Å². The van der Waals surface area contributed by atoms with Crippen LogP contribution in [0.3, 0.4) is 0 Å². The van der Waals surface area contributed by atoms with E-state index in [0.717, 1.165) is 21.4 Å². The van der Waals surface area contributed by atoms with Crippen LogP contribution in [-0.2, 0) is 14.4 Å². The summed E-state index contributed by atoms with van der Waals surface area (Å²) < 4.78 is 0. The number of hydrogen-bond acceptors (Lipinski definition) is 4. The minimum atomic E-state index is -1.18. The number of aromatic amines is 1. The number of primary amides is 1. The van der Waals surface area contributed by atoms with Crippen LogP contribution in [0.2, 0.25) is 0 Å². The van der Waals surface area contributed by atoms with Gasteiger partial charge in [-0.25, -0.2) is 4.79 Å². The molecule has 0 fully saturated rings. The largest absolute Gasteiger partial charge is 0.480 e. The van der Waals surface area contributed by atoms with E-state index in [9.17, 15) is 19.5 Å². The Morgan fingerprint density at radius 2 is 2.00 bits per heavy atom. The van der Waals surface area contributed by atoms with Gasteiger partial charge in [-0.1, -0.05) is 26.0 Å². The number of H-pyrrole nitrogens is 1. The summed E-state index contributed by atoms with van der Waals surface area (Å²) in [4.78, 5) is 39.5. The molecule has 1 aromatic carbocycles. The van der Waals surface area contributed by atoms with Crippen LogP contribution in [0.15, 0.2) is 29.3 Å². The van der Waals surface area contributed by atoms with E-state index in [4.69, 9.17) is 5.73 Å². The lowest BCUT2D eigenvalue weighted by Gasteiger charge is -2.21. The Bertz CT molecular complexity index is 862. The minimum Gasteiger partial charge on any atom is -0.480 e. The van der Waals surface area contributed by atoms with Crippen LogP contribution < -0.4 is 11.1 Å². The fraction of sp³-hybridized carbons (Fsp3) is 0.450. The number of aryl methyl sites for hydroxylation is 1. The highest BCUT2D eigenvalue weighted by atomic mass is 32.2. The molecule has 1 aromatic heterocycles. The highest BCUT2D eigenvalue weighted by Crippen LogP contribution is 2.35. The quantitative estimate of drug-likeness (QED) is 0.452. The van der Waals surface area contributed by atoms with Gasteiger partial charge in [0.2, 0.25) is 11.8 Å². The van der Waals surface area contributed by atoms with Gasteiger partial charge < -0.3 is 21.1 Å². The van der Waals surface area contributed by atoms with Gasteiger partial charge in [-0.05, 0) is 37.3 Å². The second-order valence-electron chi connectivity index (χ2n) is 7.29. The first-order valence-electron chi connectivity index (χ1n) is 9.23. The second kappa shape index (κ2) is 9.64. The van der Waals surface area contributed by atoms with Crippen molar-refractivity contribution in [3.63, 3.8) is 0 Å². The van der Waals surface area contributed by atoms with Crippen molar-refractivity contribution in [3.05, 3.63) is 30.0 Å². The molecule has 152 valence electrons. The predicted molar refractivity (Wildman–Crippen MR) is 110 cm³/mol. The number of aliphatic carboxylic acids is 1. The van der Waals surface area contributed by atoms with E-state index < -0.39 is 23.2 Å². The third-order valence-electron chi connectivity index (χ3n) is 4.42. The number of carbonyl (C=O) groups excluding carboxylic acids is 2. The van der Waals surface area contributed by atoms with E-state index >= 15 is 0 Å². The third kappa shape index (κ3) is 5.76. The minimum absolute atomic E-state index is 0.0261. The van der Waals surface area contributed by atoms with E-state index in [0.29, 0.717) is 6.42 Å². The fourth-order valence-corrected chi connectivity index (χ4v) is 4.50. The predicted octanol–water partition coefficient (Wildman–Crippen LogP) is 2.82. The molecule has 2 atom stereocenters. The van der Waals surface area contributed by atoms with Gasteiger partial charge in [0, 0.05) is 28.4 Å². The number of thioether (sulfide) groups is 1. The molecule has 1 heterocycles. The summed E-state index contributed by atoms with van der Waals surface area (Å²) in [5.74, 6) is -1.87. The standard InChI is InChI=1S/C20H27N3O4S/c1-11(2)9-15(19(25)23-14(20(26)27)7-8-17(21)24)28-16-10-22-13-6-4-5-12(3)18(13)16/h4-6,10-11,14-15,22H,7-9H2,1-3H3,(H2,21,24)(H,23,25)(H,26,27). The summed E-state index contributed by atoms with van der Waals surface area (Å²) in [5, 5.41) is 12.5. The number of carboxylic acids is 1. The molecule has 0 aliphatic heterocycles. The number of carboxylic acid groups (broad SMARTS) is 1. The Morgan fingerprint density at radius 1 is 1.29 bits per heavy atom. The fourth-order valence-electron chi connectivity index (χ4n) is 3.02.